The van der Waals surface area contributed by atoms with Crippen molar-refractivity contribution in [2.45, 2.75) is 62.5 Å². The van der Waals surface area contributed by atoms with Crippen molar-refractivity contribution in [2.24, 2.45) is 5.92 Å². The van der Waals surface area contributed by atoms with E-state index in [4.69, 9.17) is 16.3 Å². The molecule has 1 aliphatic heterocycles. The lowest BCUT2D eigenvalue weighted by molar-refractivity contribution is -0.384. The van der Waals surface area contributed by atoms with Gasteiger partial charge in [-0.25, -0.2) is 0 Å². The van der Waals surface area contributed by atoms with Crippen LogP contribution in [0.1, 0.15) is 56.6 Å². The fourth-order valence-electron chi connectivity index (χ4n) is 3.74. The van der Waals surface area contributed by atoms with Crippen LogP contribution in [0.3, 0.4) is 0 Å². The maximum Gasteiger partial charge on any atom is 0.269 e. The monoisotopic (exact) mass is 323 g/mol. The minimum absolute atomic E-state index is 0.0380. The van der Waals surface area contributed by atoms with Gasteiger partial charge in [0.05, 0.1) is 17.1 Å². The number of benzene rings is 1. The predicted octanol–water partition coefficient (Wildman–Crippen LogP) is 5.00. The predicted molar refractivity (Wildman–Crippen MR) is 86.2 cm³/mol. The van der Waals surface area contributed by atoms with E-state index in [9.17, 15) is 10.1 Å². The molecule has 1 aliphatic carbocycles. The number of nitro benzene ring substituents is 1. The lowest BCUT2D eigenvalue weighted by Crippen LogP contribution is -2.35. The van der Waals surface area contributed by atoms with Crippen molar-refractivity contribution < 1.29 is 9.66 Å². The topological polar surface area (TPSA) is 52.4 Å². The number of hydrogen-bond donors (Lipinski definition) is 0. The molecule has 5 heteroatoms. The number of nitro groups is 1. The largest absolute Gasteiger partial charge is 0.370 e. The molecule has 3 atom stereocenters. The molecule has 0 bridgehead atoms. The van der Waals surface area contributed by atoms with Crippen molar-refractivity contribution in [2.75, 3.05) is 0 Å². The molecule has 0 spiro atoms. The van der Waals surface area contributed by atoms with Gasteiger partial charge in [-0.2, -0.15) is 0 Å². The average Bonchev–Trinajstić information content (AvgIpc) is 2.55. The third-order valence-electron chi connectivity index (χ3n) is 4.95. The molecule has 0 radical (unpaired) electrons. The Morgan fingerprint density at radius 3 is 2.41 bits per heavy atom. The van der Waals surface area contributed by atoms with Crippen LogP contribution in [-0.2, 0) is 4.74 Å². The van der Waals surface area contributed by atoms with Crippen LogP contribution in [-0.4, -0.2) is 16.4 Å². The quantitative estimate of drug-likeness (QED) is 0.446. The summed E-state index contributed by atoms with van der Waals surface area (Å²) >= 11 is 6.47. The van der Waals surface area contributed by atoms with E-state index in [-0.39, 0.29) is 28.2 Å². The smallest absolute Gasteiger partial charge is 0.269 e. The molecular weight excluding hydrogens is 302 g/mol. The van der Waals surface area contributed by atoms with E-state index in [1.54, 1.807) is 24.3 Å². The highest BCUT2D eigenvalue weighted by atomic mass is 35.5. The van der Waals surface area contributed by atoms with E-state index in [1.807, 2.05) is 0 Å². The molecule has 2 fully saturated rings. The Bertz CT molecular complexity index is 513. The van der Waals surface area contributed by atoms with E-state index >= 15 is 0 Å². The number of hydrogen-bond acceptors (Lipinski definition) is 3. The first kappa shape index (κ1) is 15.8. The molecule has 22 heavy (non-hydrogen) atoms. The third-order valence-corrected chi connectivity index (χ3v) is 5.30. The second kappa shape index (κ2) is 6.97. The van der Waals surface area contributed by atoms with E-state index < -0.39 is 0 Å². The summed E-state index contributed by atoms with van der Waals surface area (Å²) in [4.78, 5) is 10.4. The lowest BCUT2D eigenvalue weighted by atomic mass is 9.81. The molecule has 0 N–H and O–H groups in total. The van der Waals surface area contributed by atoms with Gasteiger partial charge in [-0.15, -0.1) is 11.6 Å². The molecule has 0 unspecified atom stereocenters. The molecule has 1 heterocycles. The summed E-state index contributed by atoms with van der Waals surface area (Å²) in [7, 11) is 0. The highest BCUT2D eigenvalue weighted by Crippen LogP contribution is 2.40. The lowest BCUT2D eigenvalue weighted by Gasteiger charge is -2.39. The second-order valence-corrected chi connectivity index (χ2v) is 7.10. The van der Waals surface area contributed by atoms with Gasteiger partial charge in [-0.1, -0.05) is 19.3 Å². The molecule has 1 saturated carbocycles. The summed E-state index contributed by atoms with van der Waals surface area (Å²) in [5, 5.41) is 10.9. The number of nitrogens with zero attached hydrogens (tertiary/aromatic N) is 1. The summed E-state index contributed by atoms with van der Waals surface area (Å²) in [6.45, 7) is 0. The summed E-state index contributed by atoms with van der Waals surface area (Å²) < 4.78 is 6.33. The Balaban J connectivity index is 1.71. The molecule has 4 nitrogen and oxygen atoms in total. The van der Waals surface area contributed by atoms with Gasteiger partial charge in [-0.05, 0) is 49.3 Å². The average molecular weight is 324 g/mol. The fraction of sp³-hybridized carbons (Fsp3) is 0.647. The molecule has 1 aromatic carbocycles. The standard InChI is InChI=1S/C17H22ClNO3/c18-14-10-16(12-4-2-1-3-5-12)22-17(11-14)13-6-8-15(9-7-13)19(20)21/h6-9,12,14,16-17H,1-5,10-11H2/t14-,16-,17+/m0/s1. The molecule has 0 aromatic heterocycles. The fourth-order valence-corrected chi connectivity index (χ4v) is 4.07. The Morgan fingerprint density at radius 1 is 1.09 bits per heavy atom. The summed E-state index contributed by atoms with van der Waals surface area (Å²) in [6.07, 6.45) is 8.29. The van der Waals surface area contributed by atoms with E-state index in [1.165, 1.54) is 32.1 Å². The van der Waals surface area contributed by atoms with Crippen LogP contribution in [0.5, 0.6) is 0 Å². The van der Waals surface area contributed by atoms with E-state index in [0.717, 1.165) is 18.4 Å². The first-order valence-electron chi connectivity index (χ1n) is 8.17. The Kier molecular flexibility index (Phi) is 4.99. The number of non-ortho nitro benzene ring substituents is 1. The van der Waals surface area contributed by atoms with Gasteiger partial charge < -0.3 is 4.74 Å². The van der Waals surface area contributed by atoms with Gasteiger partial charge in [0, 0.05) is 17.5 Å². The number of rotatable bonds is 3. The first-order chi connectivity index (χ1) is 10.6. The van der Waals surface area contributed by atoms with Crippen LogP contribution < -0.4 is 0 Å². The number of halogens is 1. The Labute approximate surface area is 136 Å². The van der Waals surface area contributed by atoms with Crippen molar-refractivity contribution in [1.82, 2.24) is 0 Å². The maximum atomic E-state index is 10.8. The van der Waals surface area contributed by atoms with E-state index in [2.05, 4.69) is 0 Å². The van der Waals surface area contributed by atoms with Crippen molar-refractivity contribution in [3.05, 3.63) is 39.9 Å². The van der Waals surface area contributed by atoms with Crippen molar-refractivity contribution >= 4 is 17.3 Å². The van der Waals surface area contributed by atoms with Crippen LogP contribution >= 0.6 is 11.6 Å². The SMILES string of the molecule is O=[N+]([O-])c1ccc([C@H]2C[C@@H](Cl)C[C@@H](C3CCCCC3)O2)cc1. The minimum atomic E-state index is -0.374. The highest BCUT2D eigenvalue weighted by molar-refractivity contribution is 6.20. The van der Waals surface area contributed by atoms with Crippen LogP contribution in [0.2, 0.25) is 0 Å². The molecule has 2 aliphatic rings. The molecule has 120 valence electrons. The van der Waals surface area contributed by atoms with Crippen molar-refractivity contribution in [3.63, 3.8) is 0 Å². The summed E-state index contributed by atoms with van der Waals surface area (Å²) in [5.74, 6) is 0.621. The number of alkyl halides is 1. The third kappa shape index (κ3) is 3.61. The van der Waals surface area contributed by atoms with Crippen LogP contribution in [0, 0.1) is 16.0 Å². The molecular formula is C17H22ClNO3. The van der Waals surface area contributed by atoms with Crippen LogP contribution in [0.25, 0.3) is 0 Å². The van der Waals surface area contributed by atoms with Crippen LogP contribution in [0.4, 0.5) is 5.69 Å². The second-order valence-electron chi connectivity index (χ2n) is 6.48. The first-order valence-corrected chi connectivity index (χ1v) is 8.61. The summed E-state index contributed by atoms with van der Waals surface area (Å²) in [5.41, 5.74) is 1.11. The zero-order valence-electron chi connectivity index (χ0n) is 12.6. The van der Waals surface area contributed by atoms with Gasteiger partial charge in [0.25, 0.3) is 5.69 Å². The molecule has 1 saturated heterocycles. The van der Waals surface area contributed by atoms with Crippen molar-refractivity contribution in [1.29, 1.82) is 0 Å². The van der Waals surface area contributed by atoms with Gasteiger partial charge in [0.2, 0.25) is 0 Å². The van der Waals surface area contributed by atoms with E-state index in [0.29, 0.717) is 5.92 Å². The Morgan fingerprint density at radius 2 is 1.77 bits per heavy atom. The van der Waals surface area contributed by atoms with Gasteiger partial charge in [-0.3, -0.25) is 10.1 Å². The normalized spacial score (nSPS) is 30.1. The van der Waals surface area contributed by atoms with Gasteiger partial charge >= 0.3 is 0 Å². The Hall–Kier alpha value is -1.13. The molecule has 1 aromatic rings. The maximum absolute atomic E-state index is 10.8. The molecule has 3 rings (SSSR count). The van der Waals surface area contributed by atoms with Crippen molar-refractivity contribution in [3.8, 4) is 0 Å². The van der Waals surface area contributed by atoms with Gasteiger partial charge in [0.15, 0.2) is 0 Å². The van der Waals surface area contributed by atoms with Gasteiger partial charge in [0.1, 0.15) is 0 Å². The zero-order chi connectivity index (χ0) is 15.5. The highest BCUT2D eigenvalue weighted by Gasteiger charge is 2.34. The number of ether oxygens (including phenoxy) is 1. The minimum Gasteiger partial charge on any atom is -0.370 e. The van der Waals surface area contributed by atoms with Crippen LogP contribution in [0.15, 0.2) is 24.3 Å². The summed E-state index contributed by atoms with van der Waals surface area (Å²) in [6, 6.07) is 6.70. The zero-order valence-corrected chi connectivity index (χ0v) is 13.4. The molecule has 0 amide bonds.